The van der Waals surface area contributed by atoms with Gasteiger partial charge in [-0.3, -0.25) is 4.79 Å². The molecule has 25 heavy (non-hydrogen) atoms. The lowest BCUT2D eigenvalue weighted by Gasteiger charge is -2.21. The van der Waals surface area contributed by atoms with Gasteiger partial charge in [-0.2, -0.15) is 0 Å². The summed E-state index contributed by atoms with van der Waals surface area (Å²) in [7, 11) is 0. The van der Waals surface area contributed by atoms with Gasteiger partial charge >= 0.3 is 6.09 Å². The third kappa shape index (κ3) is 5.58. The van der Waals surface area contributed by atoms with Crippen molar-refractivity contribution >= 4 is 16.9 Å². The fourth-order valence-corrected chi connectivity index (χ4v) is 2.38. The van der Waals surface area contributed by atoms with E-state index in [-0.39, 0.29) is 18.5 Å². The Morgan fingerprint density at radius 1 is 1.24 bits per heavy atom. The van der Waals surface area contributed by atoms with E-state index >= 15 is 0 Å². The number of aliphatic hydroxyl groups excluding tert-OH is 2. The average Bonchev–Trinajstić information content (AvgIpc) is 2.51. The number of amides is 1. The third-order valence-corrected chi connectivity index (χ3v) is 3.58. The molecule has 1 heterocycles. The van der Waals surface area contributed by atoms with E-state index in [9.17, 15) is 19.8 Å². The van der Waals surface area contributed by atoms with Crippen molar-refractivity contribution < 1.29 is 19.7 Å². The van der Waals surface area contributed by atoms with E-state index in [0.717, 1.165) is 5.39 Å². The molecular weight excluding hydrogens is 324 g/mol. The van der Waals surface area contributed by atoms with Crippen LogP contribution in [0.1, 0.15) is 38.9 Å². The molecule has 0 saturated carbocycles. The molecule has 0 fully saturated rings. The van der Waals surface area contributed by atoms with Crippen LogP contribution in [0.4, 0.5) is 4.79 Å². The van der Waals surface area contributed by atoms with Crippen LogP contribution in [-0.4, -0.2) is 39.5 Å². The molecule has 0 aliphatic heterocycles. The summed E-state index contributed by atoms with van der Waals surface area (Å²) in [6.45, 7) is 5.45. The molecule has 0 radical (unpaired) electrons. The van der Waals surface area contributed by atoms with Gasteiger partial charge in [0.25, 0.3) is 0 Å². The molecular formula is C18H24N2O5. The van der Waals surface area contributed by atoms with E-state index in [4.69, 9.17) is 4.74 Å². The molecule has 0 bridgehead atoms. The first kappa shape index (κ1) is 19.0. The molecule has 2 rings (SSSR count). The molecule has 0 saturated heterocycles. The second-order valence-corrected chi connectivity index (χ2v) is 6.92. The average molecular weight is 348 g/mol. The summed E-state index contributed by atoms with van der Waals surface area (Å²) >= 11 is 0. The van der Waals surface area contributed by atoms with E-state index in [1.807, 2.05) is 0 Å². The third-order valence-electron chi connectivity index (χ3n) is 3.58. The van der Waals surface area contributed by atoms with E-state index in [0.29, 0.717) is 10.9 Å². The zero-order chi connectivity index (χ0) is 18.6. The largest absolute Gasteiger partial charge is 0.444 e. The smallest absolute Gasteiger partial charge is 0.407 e. The van der Waals surface area contributed by atoms with Gasteiger partial charge in [0.05, 0.1) is 6.10 Å². The second-order valence-electron chi connectivity index (χ2n) is 6.92. The maximum atomic E-state index is 11.5. The maximum absolute atomic E-state index is 11.5. The number of ether oxygens (including phenoxy) is 1. The van der Waals surface area contributed by atoms with Crippen LogP contribution in [0.3, 0.4) is 0 Å². The summed E-state index contributed by atoms with van der Waals surface area (Å²) in [5.74, 6) is 0. The van der Waals surface area contributed by atoms with Gasteiger partial charge in [-0.1, -0.05) is 12.1 Å². The highest BCUT2D eigenvalue weighted by Crippen LogP contribution is 2.22. The van der Waals surface area contributed by atoms with Crippen LogP contribution in [0.15, 0.2) is 35.3 Å². The Balaban J connectivity index is 1.94. The lowest BCUT2D eigenvalue weighted by molar-refractivity contribution is 0.0124. The van der Waals surface area contributed by atoms with Crippen LogP contribution in [-0.2, 0) is 4.74 Å². The van der Waals surface area contributed by atoms with Gasteiger partial charge in [0, 0.05) is 18.8 Å². The Hall–Kier alpha value is -2.38. The molecule has 0 spiro atoms. The minimum Gasteiger partial charge on any atom is -0.444 e. The number of fused-ring (bicyclic) bond motifs is 1. The predicted octanol–water partition coefficient (Wildman–Crippen LogP) is 1.84. The summed E-state index contributed by atoms with van der Waals surface area (Å²) in [5, 5.41) is 24.5. The molecule has 1 aromatic heterocycles. The Kier molecular flexibility index (Phi) is 5.81. The first-order valence-electron chi connectivity index (χ1n) is 8.11. The maximum Gasteiger partial charge on any atom is 0.407 e. The molecule has 0 aliphatic rings. The quantitative estimate of drug-likeness (QED) is 0.659. The number of carbonyl (C=O) groups excluding carboxylic acids is 1. The number of aromatic nitrogens is 1. The number of pyridine rings is 1. The molecule has 1 amide bonds. The lowest BCUT2D eigenvalue weighted by atomic mass is 9.99. The number of aliphatic hydroxyl groups is 2. The number of hydrogen-bond acceptors (Lipinski definition) is 5. The van der Waals surface area contributed by atoms with Crippen LogP contribution in [0, 0.1) is 0 Å². The number of rotatable bonds is 5. The molecule has 0 aliphatic carbocycles. The summed E-state index contributed by atoms with van der Waals surface area (Å²) in [6, 6.07) is 6.55. The van der Waals surface area contributed by atoms with Gasteiger partial charge < -0.3 is 25.3 Å². The van der Waals surface area contributed by atoms with Crippen molar-refractivity contribution in [3.05, 3.63) is 46.4 Å². The standard InChI is InChI=1S/C18H24N2O5/c1-18(2,3)25-17(24)19-7-6-14(21)16(23)11-4-5-12-10-20-15(22)9-13(12)8-11/h4-5,8-10,14,16,21,23H,6-7H2,1-3H3,(H,19,24)(H,20,22). The minimum absolute atomic E-state index is 0.161. The number of benzene rings is 1. The zero-order valence-electron chi connectivity index (χ0n) is 14.6. The minimum atomic E-state index is -1.12. The highest BCUT2D eigenvalue weighted by atomic mass is 16.6. The fraction of sp³-hybridized carbons (Fsp3) is 0.444. The topological polar surface area (TPSA) is 112 Å². The molecule has 1 aromatic carbocycles. The molecule has 2 atom stereocenters. The number of aromatic amines is 1. The van der Waals surface area contributed by atoms with Crippen molar-refractivity contribution in [2.75, 3.05) is 6.54 Å². The van der Waals surface area contributed by atoms with E-state index in [2.05, 4.69) is 10.3 Å². The number of alkyl carbamates (subject to hydrolysis) is 1. The molecule has 4 N–H and O–H groups in total. The van der Waals surface area contributed by atoms with Gasteiger partial charge in [0.15, 0.2) is 0 Å². The highest BCUT2D eigenvalue weighted by Gasteiger charge is 2.20. The van der Waals surface area contributed by atoms with Crippen molar-refractivity contribution in [2.45, 2.75) is 45.0 Å². The number of nitrogens with one attached hydrogen (secondary N) is 2. The van der Waals surface area contributed by atoms with Gasteiger partial charge in [-0.15, -0.1) is 0 Å². The first-order valence-corrected chi connectivity index (χ1v) is 8.11. The molecule has 136 valence electrons. The van der Waals surface area contributed by atoms with Crippen LogP contribution in [0.2, 0.25) is 0 Å². The van der Waals surface area contributed by atoms with Crippen molar-refractivity contribution in [1.82, 2.24) is 10.3 Å². The van der Waals surface area contributed by atoms with Crippen molar-refractivity contribution in [3.63, 3.8) is 0 Å². The van der Waals surface area contributed by atoms with E-state index in [1.54, 1.807) is 45.2 Å². The Morgan fingerprint density at radius 3 is 2.64 bits per heavy atom. The fourth-order valence-electron chi connectivity index (χ4n) is 2.38. The van der Waals surface area contributed by atoms with E-state index in [1.165, 1.54) is 6.07 Å². The summed E-state index contributed by atoms with van der Waals surface area (Å²) < 4.78 is 5.10. The summed E-state index contributed by atoms with van der Waals surface area (Å²) in [6.07, 6.45) is -0.999. The number of hydrogen-bond donors (Lipinski definition) is 4. The summed E-state index contributed by atoms with van der Waals surface area (Å²) in [4.78, 5) is 25.5. The SMILES string of the molecule is CC(C)(C)OC(=O)NCCC(O)C(O)c1ccc2c[nH]c(=O)cc2c1. The highest BCUT2D eigenvalue weighted by molar-refractivity contribution is 5.82. The zero-order valence-corrected chi connectivity index (χ0v) is 14.6. The molecule has 7 heteroatoms. The second kappa shape index (κ2) is 7.67. The lowest BCUT2D eigenvalue weighted by Crippen LogP contribution is -2.34. The Morgan fingerprint density at radius 2 is 1.96 bits per heavy atom. The summed E-state index contributed by atoms with van der Waals surface area (Å²) in [5.41, 5.74) is -0.324. The van der Waals surface area contributed by atoms with Crippen molar-refractivity contribution in [2.24, 2.45) is 0 Å². The Labute approximate surface area is 145 Å². The van der Waals surface area contributed by atoms with E-state index < -0.39 is 23.9 Å². The van der Waals surface area contributed by atoms with Crippen LogP contribution in [0.5, 0.6) is 0 Å². The number of carbonyl (C=O) groups is 1. The molecule has 7 nitrogen and oxygen atoms in total. The van der Waals surface area contributed by atoms with Crippen LogP contribution < -0.4 is 10.9 Å². The van der Waals surface area contributed by atoms with Crippen molar-refractivity contribution in [1.29, 1.82) is 0 Å². The molecule has 2 unspecified atom stereocenters. The monoisotopic (exact) mass is 348 g/mol. The molecule has 2 aromatic rings. The first-order chi connectivity index (χ1) is 11.7. The van der Waals surface area contributed by atoms with Crippen molar-refractivity contribution in [3.8, 4) is 0 Å². The van der Waals surface area contributed by atoms with Crippen LogP contribution >= 0.6 is 0 Å². The normalized spacial score (nSPS) is 14.1. The van der Waals surface area contributed by atoms with Crippen LogP contribution in [0.25, 0.3) is 10.8 Å². The van der Waals surface area contributed by atoms with Gasteiger partial charge in [0.1, 0.15) is 11.7 Å². The Bertz CT molecular complexity index is 794. The van der Waals surface area contributed by atoms with Gasteiger partial charge in [0.2, 0.25) is 5.56 Å². The van der Waals surface area contributed by atoms with Gasteiger partial charge in [-0.05, 0) is 49.6 Å². The van der Waals surface area contributed by atoms with Gasteiger partial charge in [-0.25, -0.2) is 4.79 Å². The predicted molar refractivity (Wildman–Crippen MR) is 94.4 cm³/mol. The number of H-pyrrole nitrogens is 1.